The van der Waals surface area contributed by atoms with E-state index in [0.29, 0.717) is 15.6 Å². The van der Waals surface area contributed by atoms with Crippen LogP contribution in [0, 0.1) is 17.0 Å². The Labute approximate surface area is 174 Å². The first-order chi connectivity index (χ1) is 13.8. The first-order valence-electron chi connectivity index (χ1n) is 8.27. The zero-order valence-electron chi connectivity index (χ0n) is 15.0. The van der Waals surface area contributed by atoms with Gasteiger partial charge >= 0.3 is 5.97 Å². The summed E-state index contributed by atoms with van der Waals surface area (Å²) in [6.07, 6.45) is 0. The highest BCUT2D eigenvalue weighted by molar-refractivity contribution is 7.13. The molecular formula is C19H14ClN3O5S. The molecule has 0 atom stereocenters. The van der Waals surface area contributed by atoms with Gasteiger partial charge in [-0.05, 0) is 25.1 Å². The lowest BCUT2D eigenvalue weighted by molar-refractivity contribution is -0.385. The molecule has 0 saturated heterocycles. The Morgan fingerprint density at radius 3 is 2.79 bits per heavy atom. The highest BCUT2D eigenvalue weighted by Gasteiger charge is 2.16. The summed E-state index contributed by atoms with van der Waals surface area (Å²) >= 11 is 7.20. The fourth-order valence-corrected chi connectivity index (χ4v) is 3.38. The van der Waals surface area contributed by atoms with E-state index in [0.717, 1.165) is 5.56 Å². The molecule has 0 fully saturated rings. The molecule has 1 N–H and O–H groups in total. The molecule has 3 rings (SSSR count). The van der Waals surface area contributed by atoms with Gasteiger partial charge in [-0.3, -0.25) is 14.9 Å². The van der Waals surface area contributed by atoms with Gasteiger partial charge in [-0.2, -0.15) is 0 Å². The Hall–Kier alpha value is -3.30. The Bertz CT molecular complexity index is 1100. The van der Waals surface area contributed by atoms with Crippen LogP contribution in [0.4, 0.5) is 11.4 Å². The summed E-state index contributed by atoms with van der Waals surface area (Å²) in [5, 5.41) is 16.1. The number of hydrogen-bond donors (Lipinski definition) is 1. The molecule has 3 aromatic rings. The third kappa shape index (κ3) is 5.15. The smallest absolute Gasteiger partial charge is 0.358 e. The highest BCUT2D eigenvalue weighted by atomic mass is 35.5. The van der Waals surface area contributed by atoms with Crippen molar-refractivity contribution in [3.8, 4) is 10.6 Å². The van der Waals surface area contributed by atoms with Gasteiger partial charge in [-0.25, -0.2) is 9.78 Å². The van der Waals surface area contributed by atoms with E-state index >= 15 is 0 Å². The van der Waals surface area contributed by atoms with E-state index in [1.54, 1.807) is 25.1 Å². The van der Waals surface area contributed by atoms with Crippen LogP contribution in [0.2, 0.25) is 5.02 Å². The number of esters is 1. The van der Waals surface area contributed by atoms with Crippen LogP contribution in [0.3, 0.4) is 0 Å². The summed E-state index contributed by atoms with van der Waals surface area (Å²) in [6.45, 7) is 1.04. The van der Waals surface area contributed by atoms with Gasteiger partial charge in [0.1, 0.15) is 5.01 Å². The van der Waals surface area contributed by atoms with Crippen molar-refractivity contribution in [1.29, 1.82) is 0 Å². The number of nitrogens with one attached hydrogen (secondary N) is 1. The van der Waals surface area contributed by atoms with E-state index in [4.69, 9.17) is 16.3 Å². The second kappa shape index (κ2) is 8.80. The number of carbonyl (C=O) groups is 2. The number of anilines is 1. The normalized spacial score (nSPS) is 10.4. The van der Waals surface area contributed by atoms with Crippen molar-refractivity contribution in [2.45, 2.75) is 6.92 Å². The summed E-state index contributed by atoms with van der Waals surface area (Å²) < 4.78 is 4.97. The van der Waals surface area contributed by atoms with Crippen LogP contribution in [0.15, 0.2) is 47.8 Å². The van der Waals surface area contributed by atoms with E-state index in [9.17, 15) is 19.7 Å². The number of halogens is 1. The molecule has 8 nitrogen and oxygen atoms in total. The maximum absolute atomic E-state index is 12.1. The van der Waals surface area contributed by atoms with Crippen molar-refractivity contribution in [3.63, 3.8) is 0 Å². The number of aromatic nitrogens is 1. The van der Waals surface area contributed by atoms with E-state index in [2.05, 4.69) is 10.3 Å². The van der Waals surface area contributed by atoms with Gasteiger partial charge in [-0.15, -0.1) is 11.3 Å². The van der Waals surface area contributed by atoms with Gasteiger partial charge in [0.05, 0.1) is 4.92 Å². The molecule has 148 valence electrons. The molecule has 2 aromatic carbocycles. The minimum Gasteiger partial charge on any atom is -0.451 e. The maximum atomic E-state index is 12.1. The fraction of sp³-hybridized carbons (Fsp3) is 0.105. The molecule has 0 radical (unpaired) electrons. The number of nitro benzene ring substituents is 1. The summed E-state index contributed by atoms with van der Waals surface area (Å²) in [5.41, 5.74) is 1.43. The lowest BCUT2D eigenvalue weighted by Gasteiger charge is -2.06. The van der Waals surface area contributed by atoms with Gasteiger partial charge < -0.3 is 10.1 Å². The van der Waals surface area contributed by atoms with Crippen LogP contribution < -0.4 is 5.32 Å². The van der Waals surface area contributed by atoms with E-state index < -0.39 is 23.4 Å². The Balaban J connectivity index is 1.59. The second-order valence-corrected chi connectivity index (χ2v) is 7.23. The molecule has 0 unspecified atom stereocenters. The quantitative estimate of drug-likeness (QED) is 0.350. The minimum atomic E-state index is -0.750. The number of nitro groups is 1. The number of thiazole rings is 1. The van der Waals surface area contributed by atoms with E-state index in [1.165, 1.54) is 34.9 Å². The predicted octanol–water partition coefficient (Wildman–Crippen LogP) is 4.48. The van der Waals surface area contributed by atoms with Gasteiger partial charge in [-0.1, -0.05) is 29.8 Å². The minimum absolute atomic E-state index is 0.0729. The Morgan fingerprint density at radius 2 is 2.07 bits per heavy atom. The highest BCUT2D eigenvalue weighted by Crippen LogP contribution is 2.26. The molecule has 29 heavy (non-hydrogen) atoms. The van der Waals surface area contributed by atoms with Crippen LogP contribution >= 0.6 is 22.9 Å². The van der Waals surface area contributed by atoms with Crippen molar-refractivity contribution in [2.75, 3.05) is 11.9 Å². The molecule has 0 aliphatic rings. The van der Waals surface area contributed by atoms with E-state index in [1.807, 2.05) is 6.07 Å². The summed E-state index contributed by atoms with van der Waals surface area (Å²) in [4.78, 5) is 38.7. The fourth-order valence-electron chi connectivity index (χ4n) is 2.41. The number of benzene rings is 2. The number of nitrogens with zero attached hydrogens (tertiary/aromatic N) is 2. The molecule has 1 aromatic heterocycles. The monoisotopic (exact) mass is 431 g/mol. The zero-order chi connectivity index (χ0) is 21.0. The third-order valence-corrected chi connectivity index (χ3v) is 4.94. The molecule has 0 aliphatic heterocycles. The standard InChI is InChI=1S/C19H14ClN3O5S/c1-11-5-6-14(8-16(11)23(26)27)21-17(24)9-28-19(25)15-10-29-18(22-15)12-3-2-4-13(20)7-12/h2-8,10H,9H2,1H3,(H,21,24). The number of hydrogen-bond acceptors (Lipinski definition) is 7. The number of carbonyl (C=O) groups excluding carboxylic acids is 2. The molecular weight excluding hydrogens is 418 g/mol. The van der Waals surface area contributed by atoms with Crippen molar-refractivity contribution >= 4 is 46.2 Å². The lowest BCUT2D eigenvalue weighted by Crippen LogP contribution is -2.21. The molecule has 10 heteroatoms. The van der Waals surface area contributed by atoms with Crippen molar-refractivity contribution in [3.05, 3.63) is 74.2 Å². The van der Waals surface area contributed by atoms with Gasteiger partial charge in [0, 0.05) is 33.3 Å². The van der Waals surface area contributed by atoms with Crippen LogP contribution in [0.1, 0.15) is 16.1 Å². The second-order valence-electron chi connectivity index (χ2n) is 5.93. The topological polar surface area (TPSA) is 111 Å². The van der Waals surface area contributed by atoms with Crippen molar-refractivity contribution in [1.82, 2.24) is 4.98 Å². The zero-order valence-corrected chi connectivity index (χ0v) is 16.6. The van der Waals surface area contributed by atoms with Gasteiger partial charge in [0.25, 0.3) is 11.6 Å². The van der Waals surface area contributed by atoms with Gasteiger partial charge in [0.15, 0.2) is 12.3 Å². The van der Waals surface area contributed by atoms with Crippen molar-refractivity contribution in [2.24, 2.45) is 0 Å². The predicted molar refractivity (Wildman–Crippen MR) is 109 cm³/mol. The number of ether oxygens (including phenoxy) is 1. The molecule has 1 amide bonds. The third-order valence-electron chi connectivity index (χ3n) is 3.81. The average Bonchev–Trinajstić information content (AvgIpc) is 3.18. The number of aryl methyl sites for hydroxylation is 1. The SMILES string of the molecule is Cc1ccc(NC(=O)COC(=O)c2csc(-c3cccc(Cl)c3)n2)cc1[N+](=O)[O-]. The largest absolute Gasteiger partial charge is 0.451 e. The summed E-state index contributed by atoms with van der Waals surface area (Å²) in [5.74, 6) is -1.37. The maximum Gasteiger partial charge on any atom is 0.358 e. The molecule has 0 bridgehead atoms. The van der Waals surface area contributed by atoms with Crippen LogP contribution in [-0.2, 0) is 9.53 Å². The van der Waals surface area contributed by atoms with Crippen LogP contribution in [0.5, 0.6) is 0 Å². The summed E-state index contributed by atoms with van der Waals surface area (Å²) in [6, 6.07) is 11.3. The first-order valence-corrected chi connectivity index (χ1v) is 9.53. The Morgan fingerprint density at radius 1 is 1.28 bits per heavy atom. The summed E-state index contributed by atoms with van der Waals surface area (Å²) in [7, 11) is 0. The lowest BCUT2D eigenvalue weighted by atomic mass is 10.2. The molecule has 0 saturated carbocycles. The first kappa shape index (κ1) is 20.4. The Kier molecular flexibility index (Phi) is 6.20. The van der Waals surface area contributed by atoms with Crippen LogP contribution in [0.25, 0.3) is 10.6 Å². The van der Waals surface area contributed by atoms with Crippen LogP contribution in [-0.4, -0.2) is 28.4 Å². The molecule has 0 spiro atoms. The van der Waals surface area contributed by atoms with Gasteiger partial charge in [0.2, 0.25) is 0 Å². The van der Waals surface area contributed by atoms with Crippen molar-refractivity contribution < 1.29 is 19.2 Å². The number of amides is 1. The number of rotatable bonds is 6. The molecule has 1 heterocycles. The average molecular weight is 432 g/mol. The van der Waals surface area contributed by atoms with E-state index in [-0.39, 0.29) is 17.1 Å². The molecule has 0 aliphatic carbocycles.